The van der Waals surface area contributed by atoms with Gasteiger partial charge in [-0.25, -0.2) is 0 Å². The molecule has 0 spiro atoms. The number of benzene rings is 1. The van der Waals surface area contributed by atoms with Crippen molar-refractivity contribution in [2.45, 2.75) is 18.9 Å². The second-order valence-electron chi connectivity index (χ2n) is 4.75. The zero-order chi connectivity index (χ0) is 13.1. The highest BCUT2D eigenvalue weighted by molar-refractivity contribution is 9.10. The lowest BCUT2D eigenvalue weighted by atomic mass is 10.0. The van der Waals surface area contributed by atoms with Crippen LogP contribution < -0.4 is 11.1 Å². The molecule has 1 amide bonds. The number of likely N-dealkylation sites (tertiary alicyclic amines) is 1. The first-order chi connectivity index (χ1) is 8.58. The number of rotatable bonds is 2. The topological polar surface area (TPSA) is 58.4 Å². The summed E-state index contributed by atoms with van der Waals surface area (Å²) in [7, 11) is 2.10. The number of nitrogens with two attached hydrogens (primary N) is 1. The van der Waals surface area contributed by atoms with E-state index in [2.05, 4.69) is 33.2 Å². The van der Waals surface area contributed by atoms with Crippen molar-refractivity contribution in [3.05, 3.63) is 28.2 Å². The number of hydrogen-bond acceptors (Lipinski definition) is 3. The van der Waals surface area contributed by atoms with Crippen molar-refractivity contribution in [1.29, 1.82) is 0 Å². The second-order valence-corrected chi connectivity index (χ2v) is 5.61. The molecular formula is C13H18BrN3O. The minimum atomic E-state index is -0.0802. The molecule has 0 unspecified atom stereocenters. The molecule has 1 aliphatic heterocycles. The summed E-state index contributed by atoms with van der Waals surface area (Å²) in [5, 5.41) is 3.06. The van der Waals surface area contributed by atoms with Gasteiger partial charge in [-0.05, 0) is 61.0 Å². The van der Waals surface area contributed by atoms with Crippen LogP contribution in [0.25, 0.3) is 0 Å². The summed E-state index contributed by atoms with van der Waals surface area (Å²) in [6.45, 7) is 2.05. The Labute approximate surface area is 116 Å². The average molecular weight is 312 g/mol. The Kier molecular flexibility index (Phi) is 4.24. The number of hydrogen-bond donors (Lipinski definition) is 2. The van der Waals surface area contributed by atoms with Crippen LogP contribution in [0.4, 0.5) is 5.69 Å². The van der Waals surface area contributed by atoms with Crippen molar-refractivity contribution in [2.75, 3.05) is 25.9 Å². The Bertz CT molecular complexity index is 442. The van der Waals surface area contributed by atoms with E-state index in [0.29, 0.717) is 11.3 Å². The smallest absolute Gasteiger partial charge is 0.253 e. The van der Waals surface area contributed by atoms with E-state index in [9.17, 15) is 4.79 Å². The highest BCUT2D eigenvalue weighted by Gasteiger charge is 2.20. The van der Waals surface area contributed by atoms with Gasteiger partial charge in [-0.2, -0.15) is 0 Å². The normalized spacial score (nSPS) is 17.7. The number of nitrogen functional groups attached to an aromatic ring is 1. The van der Waals surface area contributed by atoms with Crippen molar-refractivity contribution in [3.8, 4) is 0 Å². The molecule has 0 atom stereocenters. The van der Waals surface area contributed by atoms with Gasteiger partial charge < -0.3 is 16.0 Å². The van der Waals surface area contributed by atoms with Crippen LogP contribution in [0.2, 0.25) is 0 Å². The number of nitrogens with zero attached hydrogens (tertiary/aromatic N) is 1. The zero-order valence-electron chi connectivity index (χ0n) is 10.4. The van der Waals surface area contributed by atoms with E-state index >= 15 is 0 Å². The lowest BCUT2D eigenvalue weighted by molar-refractivity contribution is 0.0917. The first-order valence-corrected chi connectivity index (χ1v) is 6.90. The number of nitrogens with one attached hydrogen (secondary N) is 1. The van der Waals surface area contributed by atoms with Crippen molar-refractivity contribution in [1.82, 2.24) is 10.2 Å². The van der Waals surface area contributed by atoms with Crippen molar-refractivity contribution in [3.63, 3.8) is 0 Å². The molecule has 1 aromatic rings. The highest BCUT2D eigenvalue weighted by atomic mass is 79.9. The van der Waals surface area contributed by atoms with E-state index in [4.69, 9.17) is 5.73 Å². The van der Waals surface area contributed by atoms with Gasteiger partial charge in [0.25, 0.3) is 5.91 Å². The van der Waals surface area contributed by atoms with Gasteiger partial charge in [-0.15, -0.1) is 0 Å². The van der Waals surface area contributed by atoms with Gasteiger partial charge in [0.1, 0.15) is 0 Å². The summed E-state index contributed by atoms with van der Waals surface area (Å²) in [5.74, 6) is -0.0802. The molecule has 1 aromatic carbocycles. The number of amides is 1. The second kappa shape index (κ2) is 5.71. The summed E-state index contributed by atoms with van der Waals surface area (Å²) in [6, 6.07) is 5.67. The molecule has 98 valence electrons. The highest BCUT2D eigenvalue weighted by Crippen LogP contribution is 2.23. The third-order valence-corrected chi connectivity index (χ3v) is 4.04. The van der Waals surface area contributed by atoms with Crippen LogP contribution >= 0.6 is 15.9 Å². The molecule has 1 aliphatic rings. The van der Waals surface area contributed by atoms with E-state index in [1.54, 1.807) is 6.07 Å². The maximum atomic E-state index is 12.1. The minimum absolute atomic E-state index is 0.0802. The molecule has 0 aromatic heterocycles. The van der Waals surface area contributed by atoms with Gasteiger partial charge >= 0.3 is 0 Å². The fraction of sp³-hybridized carbons (Fsp3) is 0.462. The molecule has 0 saturated carbocycles. The van der Waals surface area contributed by atoms with Crippen LogP contribution in [-0.2, 0) is 0 Å². The van der Waals surface area contributed by atoms with Gasteiger partial charge in [0.05, 0.1) is 11.3 Å². The number of para-hydroxylation sites is 1. The zero-order valence-corrected chi connectivity index (χ0v) is 12.0. The third kappa shape index (κ3) is 3.03. The Balaban J connectivity index is 2.01. The Morgan fingerprint density at radius 3 is 2.78 bits per heavy atom. The standard InChI is InChI=1S/C13H18BrN3O/c1-17-7-5-9(6-8-17)16-13(18)10-3-2-4-11(14)12(10)15/h2-4,9H,5-8,15H2,1H3,(H,16,18). The van der Waals surface area contributed by atoms with E-state index in [1.165, 1.54) is 0 Å². The molecule has 1 saturated heterocycles. The van der Waals surface area contributed by atoms with Crippen molar-refractivity contribution >= 4 is 27.5 Å². The van der Waals surface area contributed by atoms with E-state index in [0.717, 1.165) is 30.4 Å². The van der Waals surface area contributed by atoms with Crippen LogP contribution in [0.1, 0.15) is 23.2 Å². The molecular weight excluding hydrogens is 294 g/mol. The van der Waals surface area contributed by atoms with Gasteiger partial charge in [-0.1, -0.05) is 6.07 Å². The van der Waals surface area contributed by atoms with E-state index in [-0.39, 0.29) is 11.9 Å². The quantitative estimate of drug-likeness (QED) is 0.820. The number of piperidine rings is 1. The molecule has 2 rings (SSSR count). The number of carbonyl (C=O) groups excluding carboxylic acids is 1. The largest absolute Gasteiger partial charge is 0.397 e. The monoisotopic (exact) mass is 311 g/mol. The summed E-state index contributed by atoms with van der Waals surface area (Å²) >= 11 is 3.34. The molecule has 0 radical (unpaired) electrons. The van der Waals surface area contributed by atoms with Gasteiger partial charge in [-0.3, -0.25) is 4.79 Å². The predicted molar refractivity (Wildman–Crippen MR) is 76.5 cm³/mol. The van der Waals surface area contributed by atoms with Crippen LogP contribution in [0.15, 0.2) is 22.7 Å². The lowest BCUT2D eigenvalue weighted by Crippen LogP contribution is -2.43. The third-order valence-electron chi connectivity index (χ3n) is 3.35. The molecule has 1 heterocycles. The van der Waals surface area contributed by atoms with Crippen LogP contribution in [0.5, 0.6) is 0 Å². The van der Waals surface area contributed by atoms with Crippen molar-refractivity contribution < 1.29 is 4.79 Å². The molecule has 0 aliphatic carbocycles. The molecule has 18 heavy (non-hydrogen) atoms. The van der Waals surface area contributed by atoms with Crippen LogP contribution in [0.3, 0.4) is 0 Å². The molecule has 5 heteroatoms. The van der Waals surface area contributed by atoms with Crippen LogP contribution in [-0.4, -0.2) is 37.0 Å². The summed E-state index contributed by atoms with van der Waals surface area (Å²) in [4.78, 5) is 14.4. The minimum Gasteiger partial charge on any atom is -0.397 e. The maximum absolute atomic E-state index is 12.1. The molecule has 1 fully saturated rings. The first-order valence-electron chi connectivity index (χ1n) is 6.11. The summed E-state index contributed by atoms with van der Waals surface area (Å²) in [6.07, 6.45) is 1.99. The maximum Gasteiger partial charge on any atom is 0.253 e. The molecule has 3 N–H and O–H groups in total. The average Bonchev–Trinajstić information content (AvgIpc) is 2.35. The SMILES string of the molecule is CN1CCC(NC(=O)c2cccc(Br)c2N)CC1. The fourth-order valence-electron chi connectivity index (χ4n) is 2.15. The predicted octanol–water partition coefficient (Wildman–Crippen LogP) is 1.86. The lowest BCUT2D eigenvalue weighted by Gasteiger charge is -2.29. The number of halogens is 1. The number of anilines is 1. The van der Waals surface area contributed by atoms with E-state index in [1.807, 2.05) is 12.1 Å². The Hall–Kier alpha value is -1.07. The Morgan fingerprint density at radius 2 is 2.11 bits per heavy atom. The van der Waals surface area contributed by atoms with Gasteiger partial charge in [0.15, 0.2) is 0 Å². The molecule has 0 bridgehead atoms. The van der Waals surface area contributed by atoms with Crippen LogP contribution in [0, 0.1) is 0 Å². The van der Waals surface area contributed by atoms with E-state index < -0.39 is 0 Å². The van der Waals surface area contributed by atoms with Crippen molar-refractivity contribution in [2.24, 2.45) is 0 Å². The number of carbonyl (C=O) groups is 1. The molecule has 4 nitrogen and oxygen atoms in total. The summed E-state index contributed by atoms with van der Waals surface area (Å²) < 4.78 is 0.763. The van der Waals surface area contributed by atoms with Gasteiger partial charge in [0, 0.05) is 10.5 Å². The first kappa shape index (κ1) is 13.4. The van der Waals surface area contributed by atoms with Gasteiger partial charge in [0.2, 0.25) is 0 Å². The summed E-state index contributed by atoms with van der Waals surface area (Å²) in [5.41, 5.74) is 6.94. The Morgan fingerprint density at radius 1 is 1.44 bits per heavy atom. The fourth-order valence-corrected chi connectivity index (χ4v) is 2.52.